The molecule has 7 heteroatoms. The fourth-order valence-electron chi connectivity index (χ4n) is 4.96. The van der Waals surface area contributed by atoms with E-state index in [9.17, 15) is 0 Å². The van der Waals surface area contributed by atoms with Crippen molar-refractivity contribution in [3.8, 4) is 5.75 Å². The Balaban J connectivity index is 1.54. The van der Waals surface area contributed by atoms with Gasteiger partial charge in [-0.1, -0.05) is 6.08 Å². The van der Waals surface area contributed by atoms with Crippen LogP contribution in [0.5, 0.6) is 5.75 Å². The molecule has 1 aromatic carbocycles. The summed E-state index contributed by atoms with van der Waals surface area (Å²) in [6, 6.07) is 8.37. The molecule has 0 spiro atoms. The van der Waals surface area contributed by atoms with Crippen molar-refractivity contribution in [3.63, 3.8) is 0 Å². The van der Waals surface area contributed by atoms with Crippen molar-refractivity contribution in [2.45, 2.75) is 25.0 Å². The van der Waals surface area contributed by atoms with Crippen LogP contribution in [0.4, 0.5) is 0 Å². The summed E-state index contributed by atoms with van der Waals surface area (Å²) in [6.45, 7) is 7.40. The quantitative estimate of drug-likeness (QED) is 0.514. The summed E-state index contributed by atoms with van der Waals surface area (Å²) in [7, 11) is 0.368. The first-order chi connectivity index (χ1) is 14.3. The molecule has 6 rings (SSSR count). The molecule has 154 valence electrons. The highest BCUT2D eigenvalue weighted by atomic mass is 31.2. The third kappa shape index (κ3) is 3.69. The Kier molecular flexibility index (Phi) is 5.55. The molecule has 29 heavy (non-hydrogen) atoms. The van der Waals surface area contributed by atoms with Crippen molar-refractivity contribution in [2.24, 2.45) is 11.8 Å². The molecule has 2 aromatic rings. The first-order valence-electron chi connectivity index (χ1n) is 10.3. The number of piperidine rings is 3. The molecule has 0 radical (unpaired) electrons. The number of benzene rings is 1. The number of hydrogen-bond donors (Lipinski definition) is 0. The Labute approximate surface area is 172 Å². The molecule has 4 fully saturated rings. The SMILES string of the molecule is C=C[C@H]1CN2CC[C@@H]1C[C@@H]2[C@@H](OP1OCCO1)c1ccnc2ccc(OC)cc12. The monoisotopic (exact) mass is 414 g/mol. The zero-order valence-electron chi connectivity index (χ0n) is 16.7. The molecule has 4 saturated heterocycles. The lowest BCUT2D eigenvalue weighted by atomic mass is 9.73. The highest BCUT2D eigenvalue weighted by Crippen LogP contribution is 2.52. The summed E-state index contributed by atoms with van der Waals surface area (Å²) < 4.78 is 23.4. The van der Waals surface area contributed by atoms with Crippen LogP contribution in [-0.2, 0) is 13.6 Å². The highest BCUT2D eigenvalue weighted by molar-refractivity contribution is 7.41. The minimum Gasteiger partial charge on any atom is -0.497 e. The molecule has 2 bridgehead atoms. The molecule has 0 saturated carbocycles. The van der Waals surface area contributed by atoms with Gasteiger partial charge in [0.15, 0.2) is 0 Å². The van der Waals surface area contributed by atoms with Crippen LogP contribution in [-0.4, -0.2) is 49.3 Å². The molecule has 1 aromatic heterocycles. The van der Waals surface area contributed by atoms with Gasteiger partial charge < -0.3 is 18.3 Å². The van der Waals surface area contributed by atoms with Crippen LogP contribution in [0.1, 0.15) is 24.5 Å². The lowest BCUT2D eigenvalue weighted by Gasteiger charge is -2.51. The second-order valence-electron chi connectivity index (χ2n) is 7.95. The van der Waals surface area contributed by atoms with Gasteiger partial charge in [0, 0.05) is 24.2 Å². The van der Waals surface area contributed by atoms with E-state index in [0.29, 0.717) is 25.0 Å². The van der Waals surface area contributed by atoms with E-state index in [0.717, 1.165) is 41.7 Å². The van der Waals surface area contributed by atoms with Crippen molar-refractivity contribution >= 4 is 19.5 Å². The predicted molar refractivity (Wildman–Crippen MR) is 113 cm³/mol. The van der Waals surface area contributed by atoms with Crippen LogP contribution in [0.3, 0.4) is 0 Å². The first-order valence-corrected chi connectivity index (χ1v) is 11.4. The van der Waals surface area contributed by atoms with Crippen molar-refractivity contribution in [3.05, 3.63) is 48.7 Å². The predicted octanol–water partition coefficient (Wildman–Crippen LogP) is 4.47. The Morgan fingerprint density at radius 2 is 2.17 bits per heavy atom. The van der Waals surface area contributed by atoms with Gasteiger partial charge in [0.05, 0.1) is 25.8 Å². The Hall–Kier alpha value is -1.56. The fraction of sp³-hybridized carbons (Fsp3) is 0.500. The van der Waals surface area contributed by atoms with Crippen LogP contribution in [0, 0.1) is 11.8 Å². The van der Waals surface area contributed by atoms with Gasteiger partial charge in [-0.2, -0.15) is 0 Å². The van der Waals surface area contributed by atoms with Gasteiger partial charge in [-0.3, -0.25) is 9.88 Å². The van der Waals surface area contributed by atoms with Crippen molar-refractivity contribution in [1.82, 2.24) is 9.88 Å². The minimum absolute atomic E-state index is 0.134. The molecule has 1 unspecified atom stereocenters. The van der Waals surface area contributed by atoms with Gasteiger partial charge in [-0.15, -0.1) is 6.58 Å². The van der Waals surface area contributed by atoms with Gasteiger partial charge in [0.1, 0.15) is 11.9 Å². The van der Waals surface area contributed by atoms with Gasteiger partial charge >= 0.3 is 8.60 Å². The number of methoxy groups -OCH3 is 1. The number of rotatable bonds is 6. The molecule has 0 N–H and O–H groups in total. The van der Waals surface area contributed by atoms with E-state index in [1.165, 1.54) is 6.42 Å². The van der Waals surface area contributed by atoms with Gasteiger partial charge in [0.25, 0.3) is 0 Å². The van der Waals surface area contributed by atoms with Gasteiger partial charge in [-0.05, 0) is 61.1 Å². The molecule has 5 atom stereocenters. The lowest BCUT2D eigenvalue weighted by molar-refractivity contribution is -0.0385. The van der Waals surface area contributed by atoms with Crippen LogP contribution in [0.2, 0.25) is 0 Å². The van der Waals surface area contributed by atoms with E-state index in [2.05, 4.69) is 34.7 Å². The Morgan fingerprint density at radius 3 is 2.90 bits per heavy atom. The molecule has 4 aliphatic heterocycles. The Bertz CT molecular complexity index is 888. The third-order valence-electron chi connectivity index (χ3n) is 6.47. The maximum Gasteiger partial charge on any atom is 0.333 e. The molecular formula is C22H27N2O4P. The molecule has 4 aliphatic rings. The molecule has 0 amide bonds. The number of pyridine rings is 1. The number of hydrogen-bond acceptors (Lipinski definition) is 6. The molecular weight excluding hydrogens is 387 g/mol. The number of nitrogens with zero attached hydrogens (tertiary/aromatic N) is 2. The zero-order chi connectivity index (χ0) is 19.8. The van der Waals surface area contributed by atoms with E-state index in [1.54, 1.807) is 7.11 Å². The van der Waals surface area contributed by atoms with Crippen molar-refractivity contribution < 1.29 is 18.3 Å². The minimum atomic E-state index is -1.32. The van der Waals surface area contributed by atoms with Crippen LogP contribution in [0.15, 0.2) is 43.1 Å². The average Bonchev–Trinajstić information content (AvgIpc) is 3.30. The van der Waals surface area contributed by atoms with E-state index in [-0.39, 0.29) is 12.1 Å². The topological polar surface area (TPSA) is 53.1 Å². The van der Waals surface area contributed by atoms with E-state index in [1.807, 2.05) is 18.3 Å². The summed E-state index contributed by atoms with van der Waals surface area (Å²) in [5.74, 6) is 2.05. The van der Waals surface area contributed by atoms with Crippen LogP contribution >= 0.6 is 8.60 Å². The van der Waals surface area contributed by atoms with Crippen LogP contribution < -0.4 is 4.74 Å². The largest absolute Gasteiger partial charge is 0.497 e. The fourth-order valence-corrected chi connectivity index (χ4v) is 6.05. The summed E-state index contributed by atoms with van der Waals surface area (Å²) in [5.41, 5.74) is 2.07. The van der Waals surface area contributed by atoms with Gasteiger partial charge in [0.2, 0.25) is 0 Å². The summed E-state index contributed by atoms with van der Waals surface area (Å²) in [4.78, 5) is 7.12. The average molecular weight is 414 g/mol. The summed E-state index contributed by atoms with van der Waals surface area (Å²) in [5, 5.41) is 1.06. The second kappa shape index (κ2) is 8.29. The lowest BCUT2D eigenvalue weighted by Crippen LogP contribution is -2.55. The Morgan fingerprint density at radius 1 is 1.31 bits per heavy atom. The summed E-state index contributed by atoms with van der Waals surface area (Å²) in [6.07, 6.45) is 6.19. The van der Waals surface area contributed by atoms with Crippen LogP contribution in [0.25, 0.3) is 10.9 Å². The van der Waals surface area contributed by atoms with E-state index in [4.69, 9.17) is 18.3 Å². The standard InChI is InChI=1S/C22H27N2O4P/c1-3-15-14-24-9-7-16(15)12-21(24)22(28-29-26-10-11-27-29)18-6-8-23-20-5-4-17(25-2)13-19(18)20/h3-6,8,13,15-16,21-22H,1,7,9-12,14H2,2H3/t15-,16+,21+,22-/m0/s1. The molecule has 6 nitrogen and oxygen atoms in total. The molecule has 5 heterocycles. The normalized spacial score (nSPS) is 30.5. The maximum atomic E-state index is 6.52. The number of aromatic nitrogens is 1. The maximum absolute atomic E-state index is 6.52. The van der Waals surface area contributed by atoms with E-state index >= 15 is 0 Å². The second-order valence-corrected chi connectivity index (χ2v) is 9.12. The smallest absolute Gasteiger partial charge is 0.333 e. The number of ether oxygens (including phenoxy) is 1. The molecule has 0 aliphatic carbocycles. The van der Waals surface area contributed by atoms with E-state index < -0.39 is 8.60 Å². The van der Waals surface area contributed by atoms with Crippen molar-refractivity contribution in [2.75, 3.05) is 33.4 Å². The third-order valence-corrected chi connectivity index (χ3v) is 7.65. The summed E-state index contributed by atoms with van der Waals surface area (Å²) >= 11 is 0. The van der Waals surface area contributed by atoms with Gasteiger partial charge in [-0.25, -0.2) is 0 Å². The zero-order valence-corrected chi connectivity index (χ0v) is 17.6. The highest BCUT2D eigenvalue weighted by Gasteiger charge is 2.44. The van der Waals surface area contributed by atoms with Crippen molar-refractivity contribution in [1.29, 1.82) is 0 Å². The number of fused-ring (bicyclic) bond motifs is 4. The first kappa shape index (κ1) is 19.4.